The number of allylic oxidation sites excluding steroid dienone is 1. The van der Waals surface area contributed by atoms with Gasteiger partial charge in [-0.05, 0) is 32.6 Å². The normalized spacial score (nSPS) is 23.4. The van der Waals surface area contributed by atoms with Crippen molar-refractivity contribution in [2.24, 2.45) is 5.41 Å². The van der Waals surface area contributed by atoms with E-state index in [0.29, 0.717) is 12.0 Å². The van der Waals surface area contributed by atoms with Gasteiger partial charge in [0.25, 0.3) is 0 Å². The molecule has 0 aromatic rings. The first kappa shape index (κ1) is 10.7. The van der Waals surface area contributed by atoms with E-state index in [4.69, 9.17) is 9.47 Å². The van der Waals surface area contributed by atoms with E-state index in [-0.39, 0.29) is 5.97 Å². The molecule has 1 spiro atoms. The Bertz CT molecular complexity index is 265. The van der Waals surface area contributed by atoms with Gasteiger partial charge in [0.1, 0.15) is 0 Å². The summed E-state index contributed by atoms with van der Waals surface area (Å²) >= 11 is 0. The monoisotopic (exact) mass is 210 g/mol. The molecule has 0 aromatic carbocycles. The summed E-state index contributed by atoms with van der Waals surface area (Å²) in [5.74, 6) is -0.187. The van der Waals surface area contributed by atoms with Crippen LogP contribution in [0.4, 0.5) is 0 Å². The Morgan fingerprint density at radius 3 is 2.60 bits per heavy atom. The maximum atomic E-state index is 11.2. The van der Waals surface area contributed by atoms with Crippen molar-refractivity contribution < 1.29 is 14.3 Å². The van der Waals surface area contributed by atoms with E-state index in [1.54, 1.807) is 6.08 Å². The Labute approximate surface area is 90.4 Å². The first-order chi connectivity index (χ1) is 7.24. The third-order valence-corrected chi connectivity index (χ3v) is 3.38. The zero-order valence-electron chi connectivity index (χ0n) is 9.25. The lowest BCUT2D eigenvalue weighted by atomic mass is 9.71. The van der Waals surface area contributed by atoms with Gasteiger partial charge >= 0.3 is 5.97 Å². The minimum absolute atomic E-state index is 0.187. The van der Waals surface area contributed by atoms with Gasteiger partial charge in [0, 0.05) is 11.5 Å². The van der Waals surface area contributed by atoms with Crippen molar-refractivity contribution in [2.45, 2.75) is 32.6 Å². The lowest BCUT2D eigenvalue weighted by Crippen LogP contribution is -2.44. The van der Waals surface area contributed by atoms with Crippen LogP contribution in [0.15, 0.2) is 11.6 Å². The molecule has 1 aliphatic carbocycles. The Morgan fingerprint density at radius 1 is 1.47 bits per heavy atom. The van der Waals surface area contributed by atoms with Gasteiger partial charge in [-0.2, -0.15) is 0 Å². The quantitative estimate of drug-likeness (QED) is 0.517. The van der Waals surface area contributed by atoms with Crippen LogP contribution in [0.1, 0.15) is 32.6 Å². The summed E-state index contributed by atoms with van der Waals surface area (Å²) < 4.78 is 10.2. The zero-order chi connectivity index (χ0) is 10.7. The molecule has 2 rings (SSSR count). The number of rotatable bonds is 2. The summed E-state index contributed by atoms with van der Waals surface area (Å²) in [5.41, 5.74) is 1.69. The summed E-state index contributed by atoms with van der Waals surface area (Å²) in [6.45, 7) is 4.12. The van der Waals surface area contributed by atoms with Crippen LogP contribution in [0.5, 0.6) is 0 Å². The maximum Gasteiger partial charge on any atom is 0.330 e. The van der Waals surface area contributed by atoms with Crippen molar-refractivity contribution in [1.29, 1.82) is 0 Å². The van der Waals surface area contributed by atoms with Crippen LogP contribution in [0.25, 0.3) is 0 Å². The summed E-state index contributed by atoms with van der Waals surface area (Å²) in [7, 11) is 0. The largest absolute Gasteiger partial charge is 0.463 e. The van der Waals surface area contributed by atoms with Crippen LogP contribution in [-0.4, -0.2) is 25.8 Å². The average Bonchev–Trinajstić information content (AvgIpc) is 2.17. The van der Waals surface area contributed by atoms with Gasteiger partial charge in [-0.15, -0.1) is 0 Å². The van der Waals surface area contributed by atoms with E-state index < -0.39 is 0 Å². The maximum absolute atomic E-state index is 11.2. The Balaban J connectivity index is 1.84. The summed E-state index contributed by atoms with van der Waals surface area (Å²) in [5, 5.41) is 0. The molecule has 0 radical (unpaired) electrons. The number of hydrogen-bond donors (Lipinski definition) is 0. The molecule has 3 heteroatoms. The minimum Gasteiger partial charge on any atom is -0.463 e. The van der Waals surface area contributed by atoms with Crippen molar-refractivity contribution in [1.82, 2.24) is 0 Å². The van der Waals surface area contributed by atoms with E-state index >= 15 is 0 Å². The van der Waals surface area contributed by atoms with E-state index in [1.165, 1.54) is 5.57 Å². The highest BCUT2D eigenvalue weighted by molar-refractivity contribution is 5.82. The topological polar surface area (TPSA) is 35.5 Å². The van der Waals surface area contributed by atoms with Gasteiger partial charge in [0.2, 0.25) is 0 Å². The zero-order valence-corrected chi connectivity index (χ0v) is 9.25. The van der Waals surface area contributed by atoms with Crippen molar-refractivity contribution in [3.8, 4) is 0 Å². The highest BCUT2D eigenvalue weighted by Gasteiger charge is 2.40. The summed E-state index contributed by atoms with van der Waals surface area (Å²) in [6, 6.07) is 0. The predicted octanol–water partition coefficient (Wildman–Crippen LogP) is 2.07. The first-order valence-electron chi connectivity index (χ1n) is 5.68. The molecule has 3 nitrogen and oxygen atoms in total. The van der Waals surface area contributed by atoms with Gasteiger partial charge in [-0.3, -0.25) is 0 Å². The number of hydrogen-bond acceptors (Lipinski definition) is 3. The highest BCUT2D eigenvalue weighted by Crippen LogP contribution is 2.43. The number of carbonyl (C=O) groups is 1. The molecule has 0 N–H and O–H groups in total. The molecule has 0 bridgehead atoms. The van der Waals surface area contributed by atoms with Gasteiger partial charge in [0.05, 0.1) is 19.8 Å². The molecule has 15 heavy (non-hydrogen) atoms. The van der Waals surface area contributed by atoms with Crippen molar-refractivity contribution in [3.05, 3.63) is 11.6 Å². The molecular formula is C12H18O3. The fraction of sp³-hybridized carbons (Fsp3) is 0.750. The fourth-order valence-corrected chi connectivity index (χ4v) is 2.28. The second-order valence-corrected chi connectivity index (χ2v) is 4.55. The van der Waals surface area contributed by atoms with Crippen LogP contribution in [-0.2, 0) is 14.3 Å². The molecule has 1 aliphatic heterocycles. The van der Waals surface area contributed by atoms with Gasteiger partial charge in [-0.1, -0.05) is 5.57 Å². The smallest absolute Gasteiger partial charge is 0.330 e. The summed E-state index contributed by atoms with van der Waals surface area (Å²) in [4.78, 5) is 11.2. The second-order valence-electron chi connectivity index (χ2n) is 4.55. The average molecular weight is 210 g/mol. The molecular weight excluding hydrogens is 192 g/mol. The highest BCUT2D eigenvalue weighted by atomic mass is 16.5. The van der Waals surface area contributed by atoms with E-state index in [9.17, 15) is 4.79 Å². The van der Waals surface area contributed by atoms with Crippen LogP contribution in [0.3, 0.4) is 0 Å². The number of esters is 1. The molecule has 2 fully saturated rings. The minimum atomic E-state index is -0.187. The molecule has 84 valence electrons. The lowest BCUT2D eigenvalue weighted by Gasteiger charge is -2.44. The molecule has 0 unspecified atom stereocenters. The number of carbonyl (C=O) groups excluding carboxylic acids is 1. The van der Waals surface area contributed by atoms with Gasteiger partial charge < -0.3 is 9.47 Å². The van der Waals surface area contributed by atoms with E-state index in [2.05, 4.69) is 0 Å². The third-order valence-electron chi connectivity index (χ3n) is 3.38. The van der Waals surface area contributed by atoms with Crippen molar-refractivity contribution in [2.75, 3.05) is 19.8 Å². The van der Waals surface area contributed by atoms with Crippen molar-refractivity contribution in [3.63, 3.8) is 0 Å². The van der Waals surface area contributed by atoms with Crippen LogP contribution >= 0.6 is 0 Å². The molecule has 0 amide bonds. The van der Waals surface area contributed by atoms with Gasteiger partial charge in [0.15, 0.2) is 0 Å². The van der Waals surface area contributed by atoms with E-state index in [1.807, 2.05) is 6.92 Å². The Morgan fingerprint density at radius 2 is 2.13 bits per heavy atom. The molecule has 0 aromatic heterocycles. The van der Waals surface area contributed by atoms with Crippen LogP contribution in [0, 0.1) is 5.41 Å². The van der Waals surface area contributed by atoms with Gasteiger partial charge in [-0.25, -0.2) is 4.79 Å². The van der Waals surface area contributed by atoms with Crippen molar-refractivity contribution >= 4 is 5.97 Å². The number of ether oxygens (including phenoxy) is 2. The van der Waals surface area contributed by atoms with Crippen LogP contribution in [0.2, 0.25) is 0 Å². The predicted molar refractivity (Wildman–Crippen MR) is 56.4 cm³/mol. The second kappa shape index (κ2) is 4.35. The molecule has 1 saturated carbocycles. The molecule has 2 aliphatic rings. The Kier molecular flexibility index (Phi) is 3.10. The third kappa shape index (κ3) is 2.40. The fourth-order valence-electron chi connectivity index (χ4n) is 2.28. The molecule has 0 atom stereocenters. The standard InChI is InChI=1S/C12H18O3/c1-2-15-11(13)7-10-3-5-12(6-4-10)8-14-9-12/h7H,2-6,8-9H2,1H3. The lowest BCUT2D eigenvalue weighted by molar-refractivity contribution is -0.137. The molecule has 1 saturated heterocycles. The molecule has 1 heterocycles. The summed E-state index contributed by atoms with van der Waals surface area (Å²) in [6.07, 6.45) is 6.07. The van der Waals surface area contributed by atoms with Crippen LogP contribution < -0.4 is 0 Å². The first-order valence-corrected chi connectivity index (χ1v) is 5.68. The van der Waals surface area contributed by atoms with E-state index in [0.717, 1.165) is 38.9 Å². The Hall–Kier alpha value is -0.830. The SMILES string of the molecule is CCOC(=O)C=C1CCC2(CC1)COC2.